The monoisotopic (exact) mass is 379 g/mol. The number of hydrogen-bond acceptors (Lipinski definition) is 7. The number of furan rings is 1. The Hall–Kier alpha value is -3.88. The average Bonchev–Trinajstić information content (AvgIpc) is 3.33. The lowest BCUT2D eigenvalue weighted by atomic mass is 10.1. The van der Waals surface area contributed by atoms with Crippen LogP contribution in [0.3, 0.4) is 0 Å². The van der Waals surface area contributed by atoms with Crippen LogP contribution in [-0.4, -0.2) is 20.2 Å². The van der Waals surface area contributed by atoms with E-state index in [0.717, 1.165) is 11.3 Å². The first kappa shape index (κ1) is 17.5. The number of anilines is 4. The Balaban J connectivity index is 1.50. The van der Waals surface area contributed by atoms with Gasteiger partial charge in [0, 0.05) is 18.2 Å². The summed E-state index contributed by atoms with van der Waals surface area (Å²) < 4.78 is 18.4. The van der Waals surface area contributed by atoms with Crippen LogP contribution in [0.4, 0.5) is 27.8 Å². The summed E-state index contributed by atoms with van der Waals surface area (Å²) in [5.74, 6) is 2.09. The van der Waals surface area contributed by atoms with Crippen LogP contribution in [0.2, 0.25) is 0 Å². The fourth-order valence-corrected chi connectivity index (χ4v) is 2.74. The first-order valence-corrected chi connectivity index (χ1v) is 8.60. The number of aromatic amines is 1. The van der Waals surface area contributed by atoms with Crippen molar-refractivity contribution in [3.63, 3.8) is 0 Å². The lowest BCUT2D eigenvalue weighted by Crippen LogP contribution is -2.10. The summed E-state index contributed by atoms with van der Waals surface area (Å²) in [4.78, 5) is 8.38. The van der Waals surface area contributed by atoms with Gasteiger partial charge in [0.2, 0.25) is 5.95 Å². The summed E-state index contributed by atoms with van der Waals surface area (Å²) in [7, 11) is 0. The zero-order valence-electron chi connectivity index (χ0n) is 15.0. The predicted octanol–water partition coefficient (Wildman–Crippen LogP) is 4.10. The minimum absolute atomic E-state index is 0.0984. The van der Waals surface area contributed by atoms with Crippen LogP contribution in [-0.2, 0) is 0 Å². The van der Waals surface area contributed by atoms with Crippen LogP contribution in [0, 0.1) is 5.82 Å². The Labute approximate surface area is 160 Å². The highest BCUT2D eigenvalue weighted by molar-refractivity contribution is 5.63. The number of nitrogens with one attached hydrogen (secondary N) is 3. The summed E-state index contributed by atoms with van der Waals surface area (Å²) in [5, 5.41) is 13.4. The second kappa shape index (κ2) is 7.39. The second-order valence-electron chi connectivity index (χ2n) is 6.18. The highest BCUT2D eigenvalue weighted by Gasteiger charge is 2.11. The number of H-pyrrole nitrogens is 1. The van der Waals surface area contributed by atoms with Crippen molar-refractivity contribution in [2.45, 2.75) is 13.0 Å². The second-order valence-corrected chi connectivity index (χ2v) is 6.18. The number of nitrogens with zero attached hydrogens (tertiary/aromatic N) is 3. The van der Waals surface area contributed by atoms with Crippen LogP contribution >= 0.6 is 0 Å². The molecule has 0 saturated carbocycles. The maximum atomic E-state index is 13.1. The van der Waals surface area contributed by atoms with Gasteiger partial charge in [-0.25, -0.2) is 4.39 Å². The zero-order valence-corrected chi connectivity index (χ0v) is 15.0. The maximum Gasteiger partial charge on any atom is 0.223 e. The van der Waals surface area contributed by atoms with E-state index in [1.807, 2.05) is 13.0 Å². The van der Waals surface area contributed by atoms with Gasteiger partial charge in [-0.2, -0.15) is 15.1 Å². The SMILES string of the molecule is CC(Nc1cc(Nc2cc(-c3ccco3)[nH]n2)nc(N)n1)c1ccc(F)cc1. The third-order valence-electron chi connectivity index (χ3n) is 4.10. The third kappa shape index (κ3) is 3.93. The number of nitrogens with two attached hydrogens (primary N) is 1. The Morgan fingerprint density at radius 1 is 1.07 bits per heavy atom. The minimum Gasteiger partial charge on any atom is -0.463 e. The zero-order chi connectivity index (χ0) is 19.5. The highest BCUT2D eigenvalue weighted by atomic mass is 19.1. The standard InChI is InChI=1S/C19H18FN7O/c1-11(12-4-6-13(20)7-5-12)22-16-10-17(25-19(21)24-16)23-18-9-14(26-27-18)15-3-2-8-28-15/h2-11H,1H3,(H5,21,22,23,24,25,26,27). The molecule has 1 unspecified atom stereocenters. The lowest BCUT2D eigenvalue weighted by molar-refractivity contribution is 0.580. The summed E-state index contributed by atoms with van der Waals surface area (Å²) in [6.07, 6.45) is 1.59. The van der Waals surface area contributed by atoms with Gasteiger partial charge in [-0.15, -0.1) is 0 Å². The number of halogens is 1. The van der Waals surface area contributed by atoms with Crippen molar-refractivity contribution in [2.24, 2.45) is 0 Å². The van der Waals surface area contributed by atoms with Crippen molar-refractivity contribution in [3.05, 3.63) is 66.2 Å². The van der Waals surface area contributed by atoms with Crippen LogP contribution in [0.25, 0.3) is 11.5 Å². The van der Waals surface area contributed by atoms with Gasteiger partial charge in [0.25, 0.3) is 0 Å². The molecule has 1 aromatic carbocycles. The number of aromatic nitrogens is 4. The summed E-state index contributed by atoms with van der Waals surface area (Å²) in [6.45, 7) is 1.95. The summed E-state index contributed by atoms with van der Waals surface area (Å²) in [6, 6.07) is 13.3. The number of rotatable bonds is 6. The molecule has 4 rings (SSSR count). The van der Waals surface area contributed by atoms with Crippen molar-refractivity contribution >= 4 is 23.4 Å². The molecule has 5 N–H and O–H groups in total. The highest BCUT2D eigenvalue weighted by Crippen LogP contribution is 2.24. The predicted molar refractivity (Wildman–Crippen MR) is 104 cm³/mol. The molecule has 0 saturated heterocycles. The maximum absolute atomic E-state index is 13.1. The Morgan fingerprint density at radius 2 is 1.86 bits per heavy atom. The molecule has 3 heterocycles. The molecule has 0 fully saturated rings. The van der Waals surface area contributed by atoms with E-state index in [1.165, 1.54) is 12.1 Å². The van der Waals surface area contributed by atoms with E-state index in [4.69, 9.17) is 10.2 Å². The smallest absolute Gasteiger partial charge is 0.223 e. The minimum atomic E-state index is -0.276. The van der Waals surface area contributed by atoms with Crippen molar-refractivity contribution in [3.8, 4) is 11.5 Å². The van der Waals surface area contributed by atoms with Crippen LogP contribution in [0.5, 0.6) is 0 Å². The van der Waals surface area contributed by atoms with Gasteiger partial charge >= 0.3 is 0 Å². The number of benzene rings is 1. The van der Waals surface area contributed by atoms with E-state index in [2.05, 4.69) is 30.8 Å². The molecule has 4 aromatic rings. The molecule has 0 radical (unpaired) electrons. The van der Waals surface area contributed by atoms with E-state index in [9.17, 15) is 4.39 Å². The Morgan fingerprint density at radius 3 is 2.61 bits per heavy atom. The largest absolute Gasteiger partial charge is 0.463 e. The molecular formula is C19H18FN7O. The molecule has 0 aliphatic rings. The van der Waals surface area contributed by atoms with Crippen LogP contribution in [0.15, 0.2) is 59.2 Å². The normalized spacial score (nSPS) is 11.9. The third-order valence-corrected chi connectivity index (χ3v) is 4.10. The van der Waals surface area contributed by atoms with E-state index >= 15 is 0 Å². The first-order chi connectivity index (χ1) is 13.6. The molecule has 3 aromatic heterocycles. The molecule has 0 spiro atoms. The van der Waals surface area contributed by atoms with Crippen LogP contribution in [0.1, 0.15) is 18.5 Å². The quantitative estimate of drug-likeness (QED) is 0.398. The Kier molecular flexibility index (Phi) is 4.63. The van der Waals surface area contributed by atoms with Crippen molar-refractivity contribution in [1.29, 1.82) is 0 Å². The van der Waals surface area contributed by atoms with Gasteiger partial charge in [0.05, 0.1) is 6.26 Å². The topological polar surface area (TPSA) is 118 Å². The van der Waals surface area contributed by atoms with Gasteiger partial charge in [0.1, 0.15) is 23.1 Å². The Bertz CT molecular complexity index is 1060. The molecule has 28 heavy (non-hydrogen) atoms. The van der Waals surface area contributed by atoms with Gasteiger partial charge in [-0.1, -0.05) is 12.1 Å². The van der Waals surface area contributed by atoms with Gasteiger partial charge < -0.3 is 20.8 Å². The average molecular weight is 379 g/mol. The fourth-order valence-electron chi connectivity index (χ4n) is 2.74. The lowest BCUT2D eigenvalue weighted by Gasteiger charge is -2.16. The summed E-state index contributed by atoms with van der Waals surface area (Å²) in [5.41, 5.74) is 7.49. The molecule has 1 atom stereocenters. The fraction of sp³-hybridized carbons (Fsp3) is 0.105. The molecule has 0 aliphatic carbocycles. The van der Waals surface area contributed by atoms with E-state index in [-0.39, 0.29) is 17.8 Å². The summed E-state index contributed by atoms with van der Waals surface area (Å²) >= 11 is 0. The molecule has 0 aliphatic heterocycles. The van der Waals surface area contributed by atoms with Gasteiger partial charge in [-0.05, 0) is 36.8 Å². The van der Waals surface area contributed by atoms with Crippen LogP contribution < -0.4 is 16.4 Å². The van der Waals surface area contributed by atoms with Crippen molar-refractivity contribution < 1.29 is 8.81 Å². The molecule has 0 bridgehead atoms. The molecular weight excluding hydrogens is 361 g/mol. The van der Waals surface area contributed by atoms with E-state index < -0.39 is 0 Å². The number of hydrogen-bond donors (Lipinski definition) is 4. The van der Waals surface area contributed by atoms with Crippen molar-refractivity contribution in [1.82, 2.24) is 20.2 Å². The molecule has 8 nitrogen and oxygen atoms in total. The van der Waals surface area contributed by atoms with E-state index in [0.29, 0.717) is 23.2 Å². The molecule has 0 amide bonds. The number of nitrogen functional groups attached to an aromatic ring is 1. The van der Waals surface area contributed by atoms with Gasteiger partial charge in [0.15, 0.2) is 11.6 Å². The van der Waals surface area contributed by atoms with Crippen molar-refractivity contribution in [2.75, 3.05) is 16.4 Å². The van der Waals surface area contributed by atoms with Gasteiger partial charge in [-0.3, -0.25) is 5.10 Å². The molecule has 9 heteroatoms. The molecule has 142 valence electrons. The van der Waals surface area contributed by atoms with E-state index in [1.54, 1.807) is 36.6 Å². The first-order valence-electron chi connectivity index (χ1n) is 8.60.